The number of nitrogens with one attached hydrogen (secondary N) is 2. The number of anilines is 2. The van der Waals surface area contributed by atoms with E-state index in [1.54, 1.807) is 12.1 Å². The van der Waals surface area contributed by atoms with E-state index in [1.807, 2.05) is 29.6 Å². The van der Waals surface area contributed by atoms with E-state index < -0.39 is 0 Å². The van der Waals surface area contributed by atoms with Gasteiger partial charge in [0, 0.05) is 23.3 Å². The molecule has 5 nitrogen and oxygen atoms in total. The van der Waals surface area contributed by atoms with E-state index in [1.165, 1.54) is 17.8 Å². The van der Waals surface area contributed by atoms with E-state index in [0.29, 0.717) is 28.1 Å². The van der Waals surface area contributed by atoms with E-state index in [-0.39, 0.29) is 36.2 Å². The molecule has 28 heavy (non-hydrogen) atoms. The summed E-state index contributed by atoms with van der Waals surface area (Å²) in [5.41, 5.74) is 7.72. The van der Waals surface area contributed by atoms with Gasteiger partial charge in [0.1, 0.15) is 0 Å². The van der Waals surface area contributed by atoms with Crippen molar-refractivity contribution < 1.29 is 9.59 Å². The number of thiophene rings is 1. The van der Waals surface area contributed by atoms with Crippen molar-refractivity contribution in [2.24, 2.45) is 23.5 Å². The minimum atomic E-state index is -0.137. The first kappa shape index (κ1) is 20.8. The lowest BCUT2D eigenvalue weighted by molar-refractivity contribution is -0.122. The summed E-state index contributed by atoms with van der Waals surface area (Å²) in [4.78, 5) is 25.6. The lowest BCUT2D eigenvalue weighted by Crippen LogP contribution is -2.48. The van der Waals surface area contributed by atoms with Crippen molar-refractivity contribution in [3.8, 4) is 0 Å². The molecular formula is C21H26ClN3O2S. The van der Waals surface area contributed by atoms with Gasteiger partial charge >= 0.3 is 0 Å². The highest BCUT2D eigenvalue weighted by Crippen LogP contribution is 2.42. The van der Waals surface area contributed by atoms with Crippen LogP contribution in [0.2, 0.25) is 0 Å². The highest BCUT2D eigenvalue weighted by molar-refractivity contribution is 7.12. The van der Waals surface area contributed by atoms with Gasteiger partial charge in [-0.05, 0) is 67.2 Å². The molecule has 2 aliphatic rings. The van der Waals surface area contributed by atoms with Crippen molar-refractivity contribution in [1.82, 2.24) is 0 Å². The van der Waals surface area contributed by atoms with Gasteiger partial charge in [-0.1, -0.05) is 18.6 Å². The van der Waals surface area contributed by atoms with Crippen LogP contribution in [0.25, 0.3) is 0 Å². The number of nitrogens with two attached hydrogens (primary N) is 1. The van der Waals surface area contributed by atoms with E-state index in [2.05, 4.69) is 10.6 Å². The normalized spacial score (nSPS) is 26.0. The maximum atomic E-state index is 12.8. The number of carbonyl (C=O) groups excluding carboxylic acids is 2. The zero-order chi connectivity index (χ0) is 18.8. The Labute approximate surface area is 175 Å². The fourth-order valence-corrected chi connectivity index (χ4v) is 5.14. The summed E-state index contributed by atoms with van der Waals surface area (Å²) in [5.74, 6) is 0.918. The molecule has 2 aliphatic carbocycles. The van der Waals surface area contributed by atoms with Crippen LogP contribution in [0.4, 0.5) is 11.4 Å². The molecule has 7 heteroatoms. The molecule has 2 fully saturated rings. The number of halogens is 1. The van der Waals surface area contributed by atoms with Gasteiger partial charge in [0.2, 0.25) is 5.91 Å². The van der Waals surface area contributed by atoms with Gasteiger partial charge in [-0.3, -0.25) is 9.59 Å². The molecule has 1 aromatic carbocycles. The van der Waals surface area contributed by atoms with Gasteiger partial charge in [-0.25, -0.2) is 0 Å². The van der Waals surface area contributed by atoms with Gasteiger partial charge in [0.25, 0.3) is 5.91 Å². The van der Waals surface area contributed by atoms with Gasteiger partial charge in [0.15, 0.2) is 0 Å². The van der Waals surface area contributed by atoms with Gasteiger partial charge in [-0.15, -0.1) is 23.7 Å². The number of amides is 2. The predicted octanol–water partition coefficient (Wildman–Crippen LogP) is 4.51. The first-order chi connectivity index (χ1) is 13.1. The average molecular weight is 420 g/mol. The van der Waals surface area contributed by atoms with Crippen molar-refractivity contribution in [2.75, 3.05) is 10.6 Å². The highest BCUT2D eigenvalue weighted by Gasteiger charge is 2.40. The van der Waals surface area contributed by atoms with Crippen LogP contribution in [0, 0.1) is 17.8 Å². The van der Waals surface area contributed by atoms with Crippen LogP contribution >= 0.6 is 23.7 Å². The zero-order valence-corrected chi connectivity index (χ0v) is 17.2. The molecule has 1 aromatic heterocycles. The van der Waals surface area contributed by atoms with Crippen molar-refractivity contribution in [1.29, 1.82) is 0 Å². The lowest BCUT2D eigenvalue weighted by atomic mass is 9.65. The van der Waals surface area contributed by atoms with Gasteiger partial charge in [-0.2, -0.15) is 0 Å². The molecule has 2 unspecified atom stereocenters. The summed E-state index contributed by atoms with van der Waals surface area (Å²) in [6.07, 6.45) is 5.30. The largest absolute Gasteiger partial charge is 0.327 e. The summed E-state index contributed by atoms with van der Waals surface area (Å²) < 4.78 is 0. The van der Waals surface area contributed by atoms with E-state index in [0.717, 1.165) is 25.7 Å². The van der Waals surface area contributed by atoms with Crippen LogP contribution in [0.1, 0.15) is 41.8 Å². The Balaban J connectivity index is 0.00000225. The molecule has 4 N–H and O–H groups in total. The zero-order valence-electron chi connectivity index (χ0n) is 15.6. The third-order valence-corrected chi connectivity index (χ3v) is 6.79. The van der Waals surface area contributed by atoms with E-state index in [4.69, 9.17) is 5.73 Å². The molecule has 2 atom stereocenters. The van der Waals surface area contributed by atoms with Crippen LogP contribution < -0.4 is 16.4 Å². The summed E-state index contributed by atoms with van der Waals surface area (Å²) in [7, 11) is 0. The fourth-order valence-electron chi connectivity index (χ4n) is 4.52. The van der Waals surface area contributed by atoms with Gasteiger partial charge in [0.05, 0.1) is 4.88 Å². The third-order valence-electron chi connectivity index (χ3n) is 5.92. The summed E-state index contributed by atoms with van der Waals surface area (Å²) in [6.45, 7) is 0. The Kier molecular flexibility index (Phi) is 6.75. The molecule has 0 saturated heterocycles. The molecule has 0 spiro atoms. The van der Waals surface area contributed by atoms with Gasteiger partial charge < -0.3 is 16.4 Å². The second-order valence-corrected chi connectivity index (χ2v) is 8.65. The minimum absolute atomic E-state index is 0. The number of rotatable bonds is 4. The minimum Gasteiger partial charge on any atom is -0.327 e. The summed E-state index contributed by atoms with van der Waals surface area (Å²) in [5, 5.41) is 7.79. The number of fused-ring (bicyclic) bond motifs is 2. The van der Waals surface area contributed by atoms with Crippen LogP contribution in [-0.4, -0.2) is 17.9 Å². The molecule has 2 aromatic rings. The first-order valence-electron chi connectivity index (χ1n) is 9.61. The number of benzene rings is 1. The lowest BCUT2D eigenvalue weighted by Gasteiger charge is -2.43. The van der Waals surface area contributed by atoms with Crippen LogP contribution in [-0.2, 0) is 4.79 Å². The summed E-state index contributed by atoms with van der Waals surface area (Å²) in [6, 6.07) is 11.2. The van der Waals surface area contributed by atoms with Crippen LogP contribution in [0.15, 0.2) is 41.8 Å². The third kappa shape index (κ3) is 4.57. The summed E-state index contributed by atoms with van der Waals surface area (Å²) >= 11 is 1.40. The Bertz CT molecular complexity index is 813. The van der Waals surface area contributed by atoms with Crippen LogP contribution in [0.5, 0.6) is 0 Å². The van der Waals surface area contributed by atoms with E-state index in [9.17, 15) is 9.59 Å². The topological polar surface area (TPSA) is 84.2 Å². The SMILES string of the molecule is Cl.NC1C2CCCC1CC(C(=O)Nc1cccc(NC(=O)c3cccs3)c1)C2. The van der Waals surface area contributed by atoms with Crippen molar-refractivity contribution >= 4 is 46.9 Å². The number of carbonyl (C=O) groups is 2. The smallest absolute Gasteiger partial charge is 0.265 e. The second kappa shape index (κ2) is 9.07. The predicted molar refractivity (Wildman–Crippen MR) is 116 cm³/mol. The molecule has 4 rings (SSSR count). The maximum Gasteiger partial charge on any atom is 0.265 e. The molecule has 2 bridgehead atoms. The molecular weight excluding hydrogens is 394 g/mol. The number of hydrogen-bond donors (Lipinski definition) is 3. The fraction of sp³-hybridized carbons (Fsp3) is 0.429. The molecule has 0 aliphatic heterocycles. The Hall–Kier alpha value is -1.89. The molecule has 2 amide bonds. The Morgan fingerprint density at radius 2 is 1.68 bits per heavy atom. The van der Waals surface area contributed by atoms with Crippen molar-refractivity contribution in [3.05, 3.63) is 46.7 Å². The maximum absolute atomic E-state index is 12.8. The Morgan fingerprint density at radius 1 is 1.00 bits per heavy atom. The molecule has 1 heterocycles. The average Bonchev–Trinajstić information content (AvgIpc) is 3.16. The van der Waals surface area contributed by atoms with Crippen LogP contribution in [0.3, 0.4) is 0 Å². The second-order valence-electron chi connectivity index (χ2n) is 7.70. The highest BCUT2D eigenvalue weighted by atomic mass is 35.5. The quantitative estimate of drug-likeness (QED) is 0.681. The molecule has 0 radical (unpaired) electrons. The first-order valence-corrected chi connectivity index (χ1v) is 10.5. The number of hydrogen-bond acceptors (Lipinski definition) is 4. The standard InChI is InChI=1S/C21H25N3O2S.ClH/c22-19-13-4-1-5-14(19)11-15(10-13)20(25)23-16-6-2-7-17(12-16)24-21(26)18-8-3-9-27-18;/h2-3,6-9,12-15,19H,1,4-5,10-11,22H2,(H,23,25)(H,24,26);1H. The van der Waals surface area contributed by atoms with E-state index >= 15 is 0 Å². The monoisotopic (exact) mass is 419 g/mol. The van der Waals surface area contributed by atoms with Crippen molar-refractivity contribution in [2.45, 2.75) is 38.1 Å². The van der Waals surface area contributed by atoms with Crippen molar-refractivity contribution in [3.63, 3.8) is 0 Å². The molecule has 2 saturated carbocycles. The molecule has 150 valence electrons. The Morgan fingerprint density at radius 3 is 2.32 bits per heavy atom.